The summed E-state index contributed by atoms with van der Waals surface area (Å²) in [6.07, 6.45) is 0. The largest absolute Gasteiger partial charge is 0.435 e. The molecule has 0 atom stereocenters. The quantitative estimate of drug-likeness (QED) is 0.821. The van der Waals surface area contributed by atoms with E-state index < -0.39 is 17.9 Å². The molecule has 0 fully saturated rings. The highest BCUT2D eigenvalue weighted by Crippen LogP contribution is 2.22. The molecule has 2 aromatic carbocycles. The number of ether oxygens (including phenoxy) is 1. The second-order valence-electron chi connectivity index (χ2n) is 6.61. The summed E-state index contributed by atoms with van der Waals surface area (Å²) < 4.78 is 28.6. The Morgan fingerprint density at radius 3 is 2.15 bits per heavy atom. The molecule has 0 spiro atoms. The number of hydrogen-bond donors (Lipinski definition) is 2. The van der Waals surface area contributed by atoms with Gasteiger partial charge in [-0.3, -0.25) is 9.59 Å². The van der Waals surface area contributed by atoms with Crippen molar-refractivity contribution in [3.05, 3.63) is 54.1 Å². The summed E-state index contributed by atoms with van der Waals surface area (Å²) in [5, 5.41) is 5.40. The van der Waals surface area contributed by atoms with Crippen LogP contribution in [0.25, 0.3) is 0 Å². The number of para-hydroxylation sites is 1. The number of anilines is 2. The molecule has 2 N–H and O–H groups in total. The first-order valence-electron chi connectivity index (χ1n) is 7.93. The van der Waals surface area contributed by atoms with Gasteiger partial charge in [0.2, 0.25) is 5.91 Å². The molecule has 0 aliphatic carbocycles. The van der Waals surface area contributed by atoms with Crippen molar-refractivity contribution in [1.29, 1.82) is 0 Å². The Hall–Kier alpha value is -2.96. The molecule has 138 valence electrons. The molecular formula is C19H20F2N2O3. The van der Waals surface area contributed by atoms with Crippen LogP contribution in [0, 0.1) is 5.41 Å². The van der Waals surface area contributed by atoms with Gasteiger partial charge in [-0.15, -0.1) is 0 Å². The summed E-state index contributed by atoms with van der Waals surface area (Å²) in [7, 11) is 0. The number of amides is 2. The average molecular weight is 362 g/mol. The summed E-state index contributed by atoms with van der Waals surface area (Å²) in [5.74, 6) is -0.653. The van der Waals surface area contributed by atoms with E-state index >= 15 is 0 Å². The molecule has 0 saturated heterocycles. The van der Waals surface area contributed by atoms with Crippen LogP contribution < -0.4 is 15.4 Å². The van der Waals surface area contributed by atoms with Gasteiger partial charge in [-0.25, -0.2) is 0 Å². The zero-order valence-electron chi connectivity index (χ0n) is 14.7. The van der Waals surface area contributed by atoms with Gasteiger partial charge in [-0.2, -0.15) is 8.78 Å². The second-order valence-corrected chi connectivity index (χ2v) is 6.61. The van der Waals surface area contributed by atoms with E-state index in [0.717, 1.165) is 0 Å². The summed E-state index contributed by atoms with van der Waals surface area (Å²) in [5.41, 5.74) is 0.485. The van der Waals surface area contributed by atoms with E-state index in [1.54, 1.807) is 45.0 Å². The van der Waals surface area contributed by atoms with Crippen molar-refractivity contribution in [1.82, 2.24) is 0 Å². The lowest BCUT2D eigenvalue weighted by Crippen LogP contribution is -2.28. The highest BCUT2D eigenvalue weighted by atomic mass is 19.3. The zero-order valence-corrected chi connectivity index (χ0v) is 14.7. The fourth-order valence-corrected chi connectivity index (χ4v) is 2.02. The SMILES string of the molecule is CC(C)(C)C(=O)Nc1ccccc1C(=O)Nc1ccc(OC(F)F)cc1. The molecule has 0 saturated carbocycles. The van der Waals surface area contributed by atoms with Gasteiger partial charge in [0.25, 0.3) is 5.91 Å². The Labute approximate surface area is 150 Å². The van der Waals surface area contributed by atoms with Gasteiger partial charge < -0.3 is 15.4 Å². The Kier molecular flexibility index (Phi) is 5.92. The Morgan fingerprint density at radius 1 is 0.962 bits per heavy atom. The molecular weight excluding hydrogens is 342 g/mol. The highest BCUT2D eigenvalue weighted by Gasteiger charge is 2.23. The molecule has 26 heavy (non-hydrogen) atoms. The molecule has 2 amide bonds. The number of alkyl halides is 2. The third-order valence-electron chi connectivity index (χ3n) is 3.44. The van der Waals surface area contributed by atoms with Crippen LogP contribution in [0.1, 0.15) is 31.1 Å². The minimum absolute atomic E-state index is 0.00385. The first-order chi connectivity index (χ1) is 12.2. The molecule has 0 aliphatic heterocycles. The van der Waals surface area contributed by atoms with Crippen molar-refractivity contribution < 1.29 is 23.1 Å². The Balaban J connectivity index is 2.13. The molecule has 5 nitrogen and oxygen atoms in total. The van der Waals surface area contributed by atoms with Gasteiger partial charge in [0.05, 0.1) is 11.3 Å². The van der Waals surface area contributed by atoms with Gasteiger partial charge in [-0.05, 0) is 36.4 Å². The summed E-state index contributed by atoms with van der Waals surface area (Å²) in [4.78, 5) is 24.7. The van der Waals surface area contributed by atoms with Crippen LogP contribution in [0.4, 0.5) is 20.2 Å². The summed E-state index contributed by atoms with van der Waals surface area (Å²) in [6, 6.07) is 12.2. The van der Waals surface area contributed by atoms with Crippen molar-refractivity contribution in [2.45, 2.75) is 27.4 Å². The first-order valence-corrected chi connectivity index (χ1v) is 7.93. The predicted octanol–water partition coefficient (Wildman–Crippen LogP) is 4.52. The maximum atomic E-state index is 12.5. The highest BCUT2D eigenvalue weighted by molar-refractivity contribution is 6.10. The number of benzene rings is 2. The standard InChI is InChI=1S/C19H20F2N2O3/c1-19(2,3)17(25)23-15-7-5-4-6-14(15)16(24)22-12-8-10-13(11-9-12)26-18(20)21/h4-11,18H,1-3H3,(H,22,24)(H,23,25). The third kappa shape index (κ3) is 5.27. The van der Waals surface area contributed by atoms with Crippen molar-refractivity contribution in [2.24, 2.45) is 5.41 Å². The molecule has 0 aromatic heterocycles. The van der Waals surface area contributed by atoms with Crippen LogP contribution in [0.2, 0.25) is 0 Å². The number of hydrogen-bond acceptors (Lipinski definition) is 3. The van der Waals surface area contributed by atoms with Crippen LogP contribution in [0.3, 0.4) is 0 Å². The van der Waals surface area contributed by atoms with Gasteiger partial charge in [0.1, 0.15) is 5.75 Å². The summed E-state index contributed by atoms with van der Waals surface area (Å²) in [6.45, 7) is 2.41. The van der Waals surface area contributed by atoms with Crippen LogP contribution in [0.5, 0.6) is 5.75 Å². The van der Waals surface area contributed by atoms with E-state index in [0.29, 0.717) is 11.4 Å². The molecule has 0 aliphatic rings. The predicted molar refractivity (Wildman–Crippen MR) is 95.6 cm³/mol. The van der Waals surface area contributed by atoms with E-state index in [1.807, 2.05) is 0 Å². The van der Waals surface area contributed by atoms with E-state index in [2.05, 4.69) is 15.4 Å². The van der Waals surface area contributed by atoms with Crippen molar-refractivity contribution in [3.63, 3.8) is 0 Å². The first kappa shape index (κ1) is 19.4. The minimum Gasteiger partial charge on any atom is -0.435 e. The fourth-order valence-electron chi connectivity index (χ4n) is 2.02. The van der Waals surface area contributed by atoms with Gasteiger partial charge >= 0.3 is 6.61 Å². The Bertz CT molecular complexity index is 784. The van der Waals surface area contributed by atoms with Crippen LogP contribution in [-0.4, -0.2) is 18.4 Å². The van der Waals surface area contributed by atoms with Gasteiger partial charge in [-0.1, -0.05) is 32.9 Å². The summed E-state index contributed by atoms with van der Waals surface area (Å²) >= 11 is 0. The zero-order chi connectivity index (χ0) is 19.3. The maximum absolute atomic E-state index is 12.5. The van der Waals surface area contributed by atoms with Crippen molar-refractivity contribution >= 4 is 23.2 Å². The average Bonchev–Trinajstić information content (AvgIpc) is 2.55. The molecule has 0 bridgehead atoms. The smallest absolute Gasteiger partial charge is 0.387 e. The topological polar surface area (TPSA) is 67.4 Å². The lowest BCUT2D eigenvalue weighted by atomic mass is 9.95. The molecule has 0 radical (unpaired) electrons. The molecule has 2 aromatic rings. The number of carbonyl (C=O) groups is 2. The van der Waals surface area contributed by atoms with E-state index in [1.165, 1.54) is 24.3 Å². The van der Waals surface area contributed by atoms with Crippen LogP contribution in [0.15, 0.2) is 48.5 Å². The number of nitrogens with one attached hydrogen (secondary N) is 2. The van der Waals surface area contributed by atoms with Gasteiger partial charge in [0.15, 0.2) is 0 Å². The maximum Gasteiger partial charge on any atom is 0.387 e. The second kappa shape index (κ2) is 7.95. The van der Waals surface area contributed by atoms with E-state index in [4.69, 9.17) is 0 Å². The molecule has 2 rings (SSSR count). The third-order valence-corrected chi connectivity index (χ3v) is 3.44. The fraction of sp³-hybridized carbons (Fsp3) is 0.263. The molecule has 7 heteroatoms. The normalized spacial score (nSPS) is 11.2. The lowest BCUT2D eigenvalue weighted by Gasteiger charge is -2.19. The van der Waals surface area contributed by atoms with E-state index in [-0.39, 0.29) is 17.2 Å². The minimum atomic E-state index is -2.91. The van der Waals surface area contributed by atoms with Gasteiger partial charge in [0, 0.05) is 11.1 Å². The number of carbonyl (C=O) groups excluding carboxylic acids is 2. The molecule has 0 unspecified atom stereocenters. The number of rotatable bonds is 5. The van der Waals surface area contributed by atoms with Crippen LogP contribution >= 0.6 is 0 Å². The van der Waals surface area contributed by atoms with Crippen LogP contribution in [-0.2, 0) is 4.79 Å². The van der Waals surface area contributed by atoms with Crippen molar-refractivity contribution in [3.8, 4) is 5.75 Å². The van der Waals surface area contributed by atoms with E-state index in [9.17, 15) is 18.4 Å². The Morgan fingerprint density at radius 2 is 1.58 bits per heavy atom. The van der Waals surface area contributed by atoms with Crippen molar-refractivity contribution in [2.75, 3.05) is 10.6 Å². The lowest BCUT2D eigenvalue weighted by molar-refractivity contribution is -0.123. The number of halogens is 2. The molecule has 0 heterocycles. The monoisotopic (exact) mass is 362 g/mol.